The minimum atomic E-state index is 0.538. The van der Waals surface area contributed by atoms with Gasteiger partial charge in [-0.25, -0.2) is 9.97 Å². The Balaban J connectivity index is 1.62. The standard InChI is InChI=1S/C24H24N6/c1-2-30-9-5-16(6-10-30)11-19-21(13-25)27-15-22-23(19)20-12-18(14-28-24(20)29-22)17-3-7-26-8-4-17/h3-4,7-8,12,14-16H,2,5-6,9-11H2,1H3,(H,28,29). The SMILES string of the molecule is CCN1CCC(Cc2c(C#N)ncc3[nH]c4ncc(-c5ccncc5)cc4c23)CC1. The lowest BCUT2D eigenvalue weighted by Crippen LogP contribution is -2.34. The third-order valence-corrected chi connectivity index (χ3v) is 6.36. The quantitative estimate of drug-likeness (QED) is 0.556. The predicted molar refractivity (Wildman–Crippen MR) is 118 cm³/mol. The molecule has 1 fully saturated rings. The lowest BCUT2D eigenvalue weighted by atomic mass is 9.88. The molecule has 30 heavy (non-hydrogen) atoms. The average Bonchev–Trinajstić information content (AvgIpc) is 3.18. The molecule has 0 aliphatic carbocycles. The topological polar surface area (TPSA) is 81.5 Å². The maximum absolute atomic E-state index is 9.78. The van der Waals surface area contributed by atoms with Crippen LogP contribution in [0.25, 0.3) is 33.1 Å². The van der Waals surface area contributed by atoms with E-state index >= 15 is 0 Å². The van der Waals surface area contributed by atoms with Gasteiger partial charge in [0.2, 0.25) is 0 Å². The molecule has 6 heteroatoms. The van der Waals surface area contributed by atoms with Gasteiger partial charge in [-0.3, -0.25) is 4.98 Å². The van der Waals surface area contributed by atoms with E-state index in [-0.39, 0.29) is 0 Å². The van der Waals surface area contributed by atoms with Gasteiger partial charge in [-0.05, 0) is 74.1 Å². The molecule has 1 saturated heterocycles. The van der Waals surface area contributed by atoms with Crippen LogP contribution in [0.3, 0.4) is 0 Å². The highest BCUT2D eigenvalue weighted by molar-refractivity contribution is 6.09. The molecule has 0 radical (unpaired) electrons. The van der Waals surface area contributed by atoms with E-state index in [0.29, 0.717) is 11.6 Å². The number of pyridine rings is 3. The summed E-state index contributed by atoms with van der Waals surface area (Å²) >= 11 is 0. The van der Waals surface area contributed by atoms with Crippen LogP contribution >= 0.6 is 0 Å². The molecule has 1 aliphatic rings. The van der Waals surface area contributed by atoms with E-state index in [1.54, 1.807) is 18.6 Å². The van der Waals surface area contributed by atoms with Gasteiger partial charge < -0.3 is 9.88 Å². The number of nitrogens with zero attached hydrogens (tertiary/aromatic N) is 5. The van der Waals surface area contributed by atoms with Gasteiger partial charge >= 0.3 is 0 Å². The Bertz CT molecular complexity index is 1230. The molecule has 0 atom stereocenters. The van der Waals surface area contributed by atoms with Crippen molar-refractivity contribution in [3.63, 3.8) is 0 Å². The van der Waals surface area contributed by atoms with E-state index < -0.39 is 0 Å². The van der Waals surface area contributed by atoms with Crippen LogP contribution in [0.5, 0.6) is 0 Å². The first-order valence-corrected chi connectivity index (χ1v) is 10.6. The normalized spacial score (nSPS) is 15.6. The average molecular weight is 396 g/mol. The maximum atomic E-state index is 9.78. The van der Waals surface area contributed by atoms with Crippen molar-refractivity contribution in [1.29, 1.82) is 5.26 Å². The first kappa shape index (κ1) is 18.7. The fraction of sp³-hybridized carbons (Fsp3) is 0.333. The number of likely N-dealkylation sites (tertiary alicyclic amines) is 1. The summed E-state index contributed by atoms with van der Waals surface area (Å²) in [6.45, 7) is 5.60. The lowest BCUT2D eigenvalue weighted by Gasteiger charge is -2.31. The van der Waals surface area contributed by atoms with Crippen molar-refractivity contribution in [3.8, 4) is 17.2 Å². The molecule has 0 bridgehead atoms. The number of aromatic nitrogens is 4. The zero-order valence-corrected chi connectivity index (χ0v) is 17.1. The molecule has 0 saturated carbocycles. The minimum Gasteiger partial charge on any atom is -0.338 e. The van der Waals surface area contributed by atoms with Gasteiger partial charge in [-0.2, -0.15) is 5.26 Å². The second kappa shape index (κ2) is 7.85. The summed E-state index contributed by atoms with van der Waals surface area (Å²) in [6.07, 6.45) is 10.4. The van der Waals surface area contributed by atoms with Crippen LogP contribution in [-0.4, -0.2) is 44.5 Å². The highest BCUT2D eigenvalue weighted by atomic mass is 15.1. The number of fused-ring (bicyclic) bond motifs is 3. The minimum absolute atomic E-state index is 0.538. The van der Waals surface area contributed by atoms with E-state index in [9.17, 15) is 5.26 Å². The van der Waals surface area contributed by atoms with E-state index in [2.05, 4.69) is 43.9 Å². The van der Waals surface area contributed by atoms with Gasteiger partial charge in [0.05, 0.1) is 11.7 Å². The molecular formula is C24H24N6. The summed E-state index contributed by atoms with van der Waals surface area (Å²) < 4.78 is 0. The first-order chi connectivity index (χ1) is 14.8. The summed E-state index contributed by atoms with van der Waals surface area (Å²) in [4.78, 5) is 19.1. The number of nitriles is 1. The molecule has 5 heterocycles. The summed E-state index contributed by atoms with van der Waals surface area (Å²) in [6, 6.07) is 8.48. The monoisotopic (exact) mass is 396 g/mol. The molecule has 4 aromatic heterocycles. The summed E-state index contributed by atoms with van der Waals surface area (Å²) in [5.74, 6) is 0.577. The second-order valence-electron chi connectivity index (χ2n) is 8.05. The zero-order chi connectivity index (χ0) is 20.5. The number of hydrogen-bond acceptors (Lipinski definition) is 5. The fourth-order valence-electron chi connectivity index (χ4n) is 4.63. The van der Waals surface area contributed by atoms with Crippen LogP contribution in [0.4, 0.5) is 0 Å². The second-order valence-corrected chi connectivity index (χ2v) is 8.05. The zero-order valence-electron chi connectivity index (χ0n) is 17.1. The van der Waals surface area contributed by atoms with Crippen molar-refractivity contribution in [3.05, 3.63) is 54.2 Å². The summed E-state index contributed by atoms with van der Waals surface area (Å²) in [7, 11) is 0. The Hall–Kier alpha value is -3.30. The smallest absolute Gasteiger partial charge is 0.144 e. The van der Waals surface area contributed by atoms with Gasteiger partial charge in [-0.1, -0.05) is 6.92 Å². The summed E-state index contributed by atoms with van der Waals surface area (Å²) in [5, 5.41) is 11.9. The van der Waals surface area contributed by atoms with Crippen LogP contribution < -0.4 is 0 Å². The number of hydrogen-bond donors (Lipinski definition) is 1. The molecule has 1 N–H and O–H groups in total. The number of piperidine rings is 1. The van der Waals surface area contributed by atoms with E-state index in [4.69, 9.17) is 0 Å². The third kappa shape index (κ3) is 3.31. The Morgan fingerprint density at radius 2 is 1.93 bits per heavy atom. The third-order valence-electron chi connectivity index (χ3n) is 6.36. The number of aromatic amines is 1. The van der Waals surface area contributed by atoms with Crippen molar-refractivity contribution < 1.29 is 0 Å². The predicted octanol–water partition coefficient (Wildman–Crippen LogP) is 4.32. The molecule has 0 amide bonds. The van der Waals surface area contributed by atoms with Crippen LogP contribution in [0, 0.1) is 17.2 Å². The molecule has 150 valence electrons. The van der Waals surface area contributed by atoms with Gasteiger partial charge in [0.25, 0.3) is 0 Å². The number of nitrogens with one attached hydrogen (secondary N) is 1. The molecule has 5 rings (SSSR count). The van der Waals surface area contributed by atoms with Crippen molar-refractivity contribution in [2.24, 2.45) is 5.92 Å². The van der Waals surface area contributed by atoms with Gasteiger partial charge in [0, 0.05) is 34.9 Å². The first-order valence-electron chi connectivity index (χ1n) is 10.6. The molecule has 0 unspecified atom stereocenters. The van der Waals surface area contributed by atoms with Crippen LogP contribution in [0.2, 0.25) is 0 Å². The number of H-pyrrole nitrogens is 1. The van der Waals surface area contributed by atoms with Crippen molar-refractivity contribution >= 4 is 21.9 Å². The van der Waals surface area contributed by atoms with Gasteiger partial charge in [0.1, 0.15) is 17.4 Å². The largest absolute Gasteiger partial charge is 0.338 e. The van der Waals surface area contributed by atoms with E-state index in [1.807, 2.05) is 18.3 Å². The Kier molecular flexibility index (Phi) is 4.89. The highest BCUT2D eigenvalue weighted by Crippen LogP contribution is 2.34. The lowest BCUT2D eigenvalue weighted by molar-refractivity contribution is 0.192. The van der Waals surface area contributed by atoms with E-state index in [1.165, 1.54) is 0 Å². The fourth-order valence-corrected chi connectivity index (χ4v) is 4.63. The van der Waals surface area contributed by atoms with Crippen molar-refractivity contribution in [1.82, 2.24) is 24.8 Å². The maximum Gasteiger partial charge on any atom is 0.144 e. The molecule has 6 nitrogen and oxygen atoms in total. The molecule has 1 aliphatic heterocycles. The highest BCUT2D eigenvalue weighted by Gasteiger charge is 2.23. The van der Waals surface area contributed by atoms with Crippen LogP contribution in [0.15, 0.2) is 43.0 Å². The van der Waals surface area contributed by atoms with Gasteiger partial charge in [-0.15, -0.1) is 0 Å². The Morgan fingerprint density at radius 1 is 1.13 bits per heavy atom. The summed E-state index contributed by atoms with van der Waals surface area (Å²) in [5.41, 5.74) is 5.51. The van der Waals surface area contributed by atoms with Crippen LogP contribution in [0.1, 0.15) is 31.0 Å². The van der Waals surface area contributed by atoms with E-state index in [0.717, 1.165) is 77.5 Å². The Labute approximate surface area is 175 Å². The molecule has 0 aromatic carbocycles. The van der Waals surface area contributed by atoms with Gasteiger partial charge in [0.15, 0.2) is 0 Å². The van der Waals surface area contributed by atoms with Crippen molar-refractivity contribution in [2.45, 2.75) is 26.2 Å². The Morgan fingerprint density at radius 3 is 2.67 bits per heavy atom. The molecule has 0 spiro atoms. The van der Waals surface area contributed by atoms with Crippen LogP contribution in [-0.2, 0) is 6.42 Å². The molecule has 4 aromatic rings. The van der Waals surface area contributed by atoms with Crippen molar-refractivity contribution in [2.75, 3.05) is 19.6 Å². The molecular weight excluding hydrogens is 372 g/mol. The number of rotatable bonds is 4.